The number of anilines is 1. The van der Waals surface area contributed by atoms with E-state index in [1.807, 2.05) is 23.1 Å². The van der Waals surface area contributed by atoms with Crippen molar-refractivity contribution < 1.29 is 19.0 Å². The van der Waals surface area contributed by atoms with E-state index in [9.17, 15) is 4.79 Å². The van der Waals surface area contributed by atoms with Crippen molar-refractivity contribution in [3.8, 4) is 11.5 Å². The van der Waals surface area contributed by atoms with Crippen LogP contribution in [0, 0.1) is 0 Å². The van der Waals surface area contributed by atoms with Crippen LogP contribution in [0.1, 0.15) is 36.8 Å². The first kappa shape index (κ1) is 21.7. The highest BCUT2D eigenvalue weighted by Gasteiger charge is 2.23. The number of rotatable bonds is 9. The summed E-state index contributed by atoms with van der Waals surface area (Å²) < 4.78 is 16.9. The quantitative estimate of drug-likeness (QED) is 0.609. The number of amides is 1. The summed E-state index contributed by atoms with van der Waals surface area (Å²) in [6.45, 7) is 4.08. The molecule has 6 heteroatoms. The lowest BCUT2D eigenvalue weighted by Crippen LogP contribution is -2.31. The van der Waals surface area contributed by atoms with Crippen LogP contribution in [0.3, 0.4) is 0 Å². The van der Waals surface area contributed by atoms with Crippen LogP contribution in [-0.2, 0) is 22.6 Å². The molecule has 2 saturated heterocycles. The predicted octanol–water partition coefficient (Wildman–Crippen LogP) is 4.01. The molecule has 166 valence electrons. The molecule has 2 aromatic carbocycles. The number of nitrogens with zero attached hydrogens (tertiary/aromatic N) is 2. The molecule has 0 aromatic heterocycles. The third-order valence-corrected chi connectivity index (χ3v) is 6.09. The second-order valence-corrected chi connectivity index (χ2v) is 8.30. The summed E-state index contributed by atoms with van der Waals surface area (Å²) in [6, 6.07) is 14.3. The van der Waals surface area contributed by atoms with Crippen LogP contribution < -0.4 is 14.4 Å². The van der Waals surface area contributed by atoms with E-state index in [1.54, 1.807) is 14.2 Å². The van der Waals surface area contributed by atoms with Crippen molar-refractivity contribution in [1.82, 2.24) is 4.90 Å². The Morgan fingerprint density at radius 1 is 1.06 bits per heavy atom. The Bertz CT molecular complexity index is 878. The van der Waals surface area contributed by atoms with Crippen molar-refractivity contribution in [2.75, 3.05) is 38.8 Å². The maximum absolute atomic E-state index is 12.0. The average Bonchev–Trinajstić information content (AvgIpc) is 3.46. The van der Waals surface area contributed by atoms with E-state index in [1.165, 1.54) is 5.56 Å². The van der Waals surface area contributed by atoms with Crippen LogP contribution in [0.2, 0.25) is 0 Å². The van der Waals surface area contributed by atoms with Gasteiger partial charge in [-0.25, -0.2) is 0 Å². The standard InChI is InChI=1S/C25H32N2O4/c1-29-22-11-12-24(30-2)20(15-22)17-26(18-23-5-4-14-31-23)16-19-7-9-21(10-8-19)27-13-3-6-25(27)28/h7-12,15,23H,3-6,13-14,16-18H2,1-2H3/t23-/m0/s1. The minimum absolute atomic E-state index is 0.220. The minimum Gasteiger partial charge on any atom is -0.497 e. The van der Waals surface area contributed by atoms with Crippen LogP contribution in [0.25, 0.3) is 0 Å². The lowest BCUT2D eigenvalue weighted by molar-refractivity contribution is -0.117. The van der Waals surface area contributed by atoms with Gasteiger partial charge in [-0.15, -0.1) is 0 Å². The molecule has 0 bridgehead atoms. The third kappa shape index (κ3) is 5.38. The molecule has 2 fully saturated rings. The van der Waals surface area contributed by atoms with Gasteiger partial charge in [-0.1, -0.05) is 12.1 Å². The Balaban J connectivity index is 1.50. The van der Waals surface area contributed by atoms with Gasteiger partial charge in [-0.05, 0) is 55.2 Å². The van der Waals surface area contributed by atoms with Crippen molar-refractivity contribution in [3.05, 3.63) is 53.6 Å². The Labute approximate surface area is 184 Å². The lowest BCUT2D eigenvalue weighted by Gasteiger charge is -2.26. The first-order valence-electron chi connectivity index (χ1n) is 11.1. The van der Waals surface area contributed by atoms with Crippen molar-refractivity contribution >= 4 is 11.6 Å². The van der Waals surface area contributed by atoms with Gasteiger partial charge in [0.15, 0.2) is 0 Å². The van der Waals surface area contributed by atoms with Crippen LogP contribution in [0.15, 0.2) is 42.5 Å². The molecular weight excluding hydrogens is 392 g/mol. The molecule has 2 aliphatic rings. The zero-order valence-electron chi connectivity index (χ0n) is 18.5. The number of hydrogen-bond acceptors (Lipinski definition) is 5. The summed E-state index contributed by atoms with van der Waals surface area (Å²) in [5.74, 6) is 1.91. The van der Waals surface area contributed by atoms with E-state index in [0.717, 1.165) is 74.8 Å². The van der Waals surface area contributed by atoms with Crippen molar-refractivity contribution in [1.29, 1.82) is 0 Å². The largest absolute Gasteiger partial charge is 0.497 e. The van der Waals surface area contributed by atoms with Crippen molar-refractivity contribution in [2.45, 2.75) is 44.9 Å². The molecule has 0 aliphatic carbocycles. The molecule has 0 saturated carbocycles. The van der Waals surface area contributed by atoms with Crippen molar-refractivity contribution in [2.24, 2.45) is 0 Å². The molecule has 0 unspecified atom stereocenters. The topological polar surface area (TPSA) is 51.2 Å². The van der Waals surface area contributed by atoms with Gasteiger partial charge in [0.2, 0.25) is 5.91 Å². The number of benzene rings is 2. The van der Waals surface area contributed by atoms with Crippen LogP contribution in [0.5, 0.6) is 11.5 Å². The Kier molecular flexibility index (Phi) is 7.10. The summed E-state index contributed by atoms with van der Waals surface area (Å²) in [4.78, 5) is 16.3. The van der Waals surface area contributed by atoms with Crippen LogP contribution >= 0.6 is 0 Å². The van der Waals surface area contributed by atoms with Gasteiger partial charge >= 0.3 is 0 Å². The van der Waals surface area contributed by atoms with Gasteiger partial charge in [-0.3, -0.25) is 9.69 Å². The second-order valence-electron chi connectivity index (χ2n) is 8.30. The molecule has 2 aliphatic heterocycles. The molecule has 4 rings (SSSR count). The monoisotopic (exact) mass is 424 g/mol. The number of carbonyl (C=O) groups is 1. The maximum atomic E-state index is 12.0. The van der Waals surface area contributed by atoms with Crippen LogP contribution in [-0.4, -0.2) is 50.8 Å². The smallest absolute Gasteiger partial charge is 0.227 e. The second kappa shape index (κ2) is 10.2. The van der Waals surface area contributed by atoms with Gasteiger partial charge in [0.1, 0.15) is 11.5 Å². The Hall–Kier alpha value is -2.57. The molecule has 0 radical (unpaired) electrons. The summed E-state index contributed by atoms with van der Waals surface area (Å²) in [5.41, 5.74) is 3.31. The fourth-order valence-corrected chi connectivity index (χ4v) is 4.47. The Morgan fingerprint density at radius 3 is 2.55 bits per heavy atom. The zero-order valence-corrected chi connectivity index (χ0v) is 18.5. The van der Waals surface area contributed by atoms with Gasteiger partial charge in [0.05, 0.1) is 20.3 Å². The average molecular weight is 425 g/mol. The molecule has 0 spiro atoms. The highest BCUT2D eigenvalue weighted by atomic mass is 16.5. The fraction of sp³-hybridized carbons (Fsp3) is 0.480. The summed E-state index contributed by atoms with van der Waals surface area (Å²) in [7, 11) is 3.39. The number of carbonyl (C=O) groups excluding carboxylic acids is 1. The van der Waals surface area contributed by atoms with E-state index in [0.29, 0.717) is 6.42 Å². The predicted molar refractivity (Wildman–Crippen MR) is 121 cm³/mol. The number of hydrogen-bond donors (Lipinski definition) is 0. The van der Waals surface area contributed by atoms with Crippen molar-refractivity contribution in [3.63, 3.8) is 0 Å². The molecule has 2 heterocycles. The SMILES string of the molecule is COc1ccc(OC)c(CN(Cc2ccc(N3CCCC3=O)cc2)C[C@@H]2CCCO2)c1. The summed E-state index contributed by atoms with van der Waals surface area (Å²) in [6.07, 6.45) is 4.08. The van der Waals surface area contributed by atoms with Crippen LogP contribution in [0.4, 0.5) is 5.69 Å². The normalized spacial score (nSPS) is 18.7. The van der Waals surface area contributed by atoms with E-state index in [-0.39, 0.29) is 12.0 Å². The molecule has 6 nitrogen and oxygen atoms in total. The molecule has 0 N–H and O–H groups in total. The maximum Gasteiger partial charge on any atom is 0.227 e. The van der Waals surface area contributed by atoms with Gasteiger partial charge < -0.3 is 19.1 Å². The van der Waals surface area contributed by atoms with E-state index < -0.39 is 0 Å². The molecule has 2 aromatic rings. The minimum atomic E-state index is 0.220. The van der Waals surface area contributed by atoms with E-state index in [2.05, 4.69) is 29.2 Å². The first-order valence-corrected chi connectivity index (χ1v) is 11.1. The molecule has 1 amide bonds. The van der Waals surface area contributed by atoms with E-state index >= 15 is 0 Å². The van der Waals surface area contributed by atoms with Gasteiger partial charge in [0, 0.05) is 50.5 Å². The third-order valence-electron chi connectivity index (χ3n) is 6.09. The lowest BCUT2D eigenvalue weighted by atomic mass is 10.1. The Morgan fingerprint density at radius 2 is 1.90 bits per heavy atom. The van der Waals surface area contributed by atoms with Gasteiger partial charge in [0.25, 0.3) is 0 Å². The highest BCUT2D eigenvalue weighted by Crippen LogP contribution is 2.27. The summed E-state index contributed by atoms with van der Waals surface area (Å²) in [5, 5.41) is 0. The fourth-order valence-electron chi connectivity index (χ4n) is 4.47. The highest BCUT2D eigenvalue weighted by molar-refractivity contribution is 5.95. The summed E-state index contributed by atoms with van der Waals surface area (Å²) >= 11 is 0. The number of methoxy groups -OCH3 is 2. The first-order chi connectivity index (χ1) is 15.2. The zero-order chi connectivity index (χ0) is 21.6. The molecule has 1 atom stereocenters. The number of ether oxygens (including phenoxy) is 3. The van der Waals surface area contributed by atoms with Gasteiger partial charge in [-0.2, -0.15) is 0 Å². The molecule has 31 heavy (non-hydrogen) atoms. The molecular formula is C25H32N2O4. The van der Waals surface area contributed by atoms with E-state index in [4.69, 9.17) is 14.2 Å².